The summed E-state index contributed by atoms with van der Waals surface area (Å²) in [7, 11) is 1.64. The first-order valence-corrected chi connectivity index (χ1v) is 11.2. The van der Waals surface area contributed by atoms with E-state index in [1.165, 1.54) is 12.1 Å². The number of hydrogen-bond acceptors (Lipinski definition) is 4. The molecule has 0 unspecified atom stereocenters. The fraction of sp³-hybridized carbons (Fsp3) is 0.308. The number of carbonyl (C=O) groups excluding carboxylic acids is 1. The van der Waals surface area contributed by atoms with Gasteiger partial charge in [0, 0.05) is 23.9 Å². The van der Waals surface area contributed by atoms with Crippen molar-refractivity contribution < 1.29 is 18.3 Å². The van der Waals surface area contributed by atoms with Crippen LogP contribution in [0, 0.1) is 12.7 Å². The quantitative estimate of drug-likeness (QED) is 0.434. The van der Waals surface area contributed by atoms with E-state index < -0.39 is 0 Å². The molecule has 33 heavy (non-hydrogen) atoms. The predicted octanol–water partition coefficient (Wildman–Crippen LogP) is 5.57. The molecule has 1 aliphatic heterocycles. The van der Waals surface area contributed by atoms with Crippen molar-refractivity contribution in [2.75, 3.05) is 13.7 Å². The highest BCUT2D eigenvalue weighted by Gasteiger charge is 2.33. The molecule has 0 bridgehead atoms. The maximum absolute atomic E-state index is 13.7. The number of H-pyrrole nitrogens is 1. The van der Waals surface area contributed by atoms with E-state index in [0.29, 0.717) is 24.6 Å². The Morgan fingerprint density at radius 1 is 1.27 bits per heavy atom. The summed E-state index contributed by atoms with van der Waals surface area (Å²) in [5.41, 5.74) is 3.06. The largest absolute Gasteiger partial charge is 0.497 e. The molecule has 7 heteroatoms. The van der Waals surface area contributed by atoms with Crippen LogP contribution in [0.15, 0.2) is 53.1 Å². The predicted molar refractivity (Wildman–Crippen MR) is 123 cm³/mol. The molecule has 1 atom stereocenters. The van der Waals surface area contributed by atoms with E-state index in [2.05, 4.69) is 9.97 Å². The van der Waals surface area contributed by atoms with Crippen molar-refractivity contribution in [2.24, 2.45) is 0 Å². The van der Waals surface area contributed by atoms with Gasteiger partial charge in [0.2, 0.25) is 5.89 Å². The molecule has 170 valence electrons. The third-order valence-electron chi connectivity index (χ3n) is 6.37. The maximum Gasteiger partial charge on any atom is 0.271 e. The number of halogens is 1. The molecular weight excluding hydrogens is 421 g/mol. The molecule has 0 aliphatic carbocycles. The smallest absolute Gasteiger partial charge is 0.271 e. The van der Waals surface area contributed by atoms with Gasteiger partial charge in [0.25, 0.3) is 5.91 Å². The number of amides is 1. The number of carbonyl (C=O) groups is 1. The van der Waals surface area contributed by atoms with Crippen molar-refractivity contribution in [2.45, 2.75) is 38.6 Å². The second-order valence-corrected chi connectivity index (χ2v) is 8.52. The van der Waals surface area contributed by atoms with Crippen LogP contribution in [0.4, 0.5) is 4.39 Å². The summed E-state index contributed by atoms with van der Waals surface area (Å²) in [6.45, 7) is 2.47. The number of rotatable bonds is 5. The van der Waals surface area contributed by atoms with Crippen LogP contribution in [-0.4, -0.2) is 34.4 Å². The van der Waals surface area contributed by atoms with Crippen molar-refractivity contribution in [3.63, 3.8) is 0 Å². The number of piperidine rings is 1. The second-order valence-electron chi connectivity index (χ2n) is 8.52. The Morgan fingerprint density at radius 2 is 2.15 bits per heavy atom. The van der Waals surface area contributed by atoms with Gasteiger partial charge < -0.3 is 19.0 Å². The molecular formula is C26H26FN3O3. The molecule has 2 aromatic heterocycles. The average Bonchev–Trinajstić information content (AvgIpc) is 3.43. The fourth-order valence-electron chi connectivity index (χ4n) is 4.63. The molecule has 0 radical (unpaired) electrons. The Hall–Kier alpha value is -3.61. The summed E-state index contributed by atoms with van der Waals surface area (Å²) in [4.78, 5) is 23.1. The lowest BCUT2D eigenvalue weighted by atomic mass is 10.0. The molecule has 5 rings (SSSR count). The molecule has 1 fully saturated rings. The summed E-state index contributed by atoms with van der Waals surface area (Å²) in [6.07, 6.45) is 5.05. The van der Waals surface area contributed by atoms with Gasteiger partial charge in [0.1, 0.15) is 29.1 Å². The Kier molecular flexibility index (Phi) is 5.62. The number of hydrogen-bond donors (Lipinski definition) is 1. The first-order chi connectivity index (χ1) is 16.0. The highest BCUT2D eigenvalue weighted by atomic mass is 19.1. The zero-order valence-electron chi connectivity index (χ0n) is 18.7. The minimum absolute atomic E-state index is 0.110. The second kappa shape index (κ2) is 8.73. The van der Waals surface area contributed by atoms with Gasteiger partial charge in [0.05, 0.1) is 13.3 Å². The van der Waals surface area contributed by atoms with Gasteiger partial charge in [-0.2, -0.15) is 0 Å². The maximum atomic E-state index is 13.7. The molecule has 3 heterocycles. The Labute approximate surface area is 191 Å². The number of likely N-dealkylation sites (tertiary alicyclic amines) is 1. The minimum Gasteiger partial charge on any atom is -0.497 e. The van der Waals surface area contributed by atoms with E-state index in [1.54, 1.807) is 19.4 Å². The number of aryl methyl sites for hydroxylation is 1. The van der Waals surface area contributed by atoms with E-state index in [1.807, 2.05) is 36.1 Å². The molecule has 2 aromatic carbocycles. The molecule has 6 nitrogen and oxygen atoms in total. The van der Waals surface area contributed by atoms with Crippen molar-refractivity contribution in [3.05, 3.63) is 83.0 Å². The van der Waals surface area contributed by atoms with Crippen molar-refractivity contribution >= 4 is 16.8 Å². The number of fused-ring (bicyclic) bond motifs is 1. The Morgan fingerprint density at radius 3 is 3.00 bits per heavy atom. The van der Waals surface area contributed by atoms with Gasteiger partial charge in [-0.25, -0.2) is 9.37 Å². The van der Waals surface area contributed by atoms with Crippen molar-refractivity contribution in [1.82, 2.24) is 14.9 Å². The van der Waals surface area contributed by atoms with E-state index in [9.17, 15) is 9.18 Å². The number of aromatic amines is 1. The third-order valence-corrected chi connectivity index (χ3v) is 6.37. The first kappa shape index (κ1) is 21.2. The number of nitrogens with zero attached hydrogens (tertiary/aromatic N) is 2. The zero-order chi connectivity index (χ0) is 22.9. The van der Waals surface area contributed by atoms with Gasteiger partial charge in [0.15, 0.2) is 0 Å². The van der Waals surface area contributed by atoms with E-state index in [0.717, 1.165) is 52.8 Å². The van der Waals surface area contributed by atoms with Crippen LogP contribution in [0.3, 0.4) is 0 Å². The average molecular weight is 448 g/mol. The van der Waals surface area contributed by atoms with Gasteiger partial charge in [-0.1, -0.05) is 12.1 Å². The molecule has 1 saturated heterocycles. The minimum atomic E-state index is -0.317. The number of oxazole rings is 1. The van der Waals surface area contributed by atoms with Crippen LogP contribution >= 0.6 is 0 Å². The molecule has 4 aromatic rings. The van der Waals surface area contributed by atoms with Crippen LogP contribution in [0.1, 0.15) is 58.6 Å². The third kappa shape index (κ3) is 4.11. The summed E-state index contributed by atoms with van der Waals surface area (Å²) >= 11 is 0. The van der Waals surface area contributed by atoms with E-state index in [-0.39, 0.29) is 17.8 Å². The molecule has 0 spiro atoms. The van der Waals surface area contributed by atoms with E-state index in [4.69, 9.17) is 9.15 Å². The lowest BCUT2D eigenvalue weighted by Gasteiger charge is -2.33. The van der Waals surface area contributed by atoms with Crippen LogP contribution in [0.2, 0.25) is 0 Å². The van der Waals surface area contributed by atoms with Gasteiger partial charge >= 0.3 is 0 Å². The highest BCUT2D eigenvalue weighted by molar-refractivity contribution is 6.01. The van der Waals surface area contributed by atoms with Crippen molar-refractivity contribution in [1.29, 1.82) is 0 Å². The lowest BCUT2D eigenvalue weighted by Crippen LogP contribution is -2.39. The normalized spacial score (nSPS) is 16.3. The zero-order valence-corrected chi connectivity index (χ0v) is 18.7. The Bertz CT molecular complexity index is 1310. The molecule has 0 saturated carbocycles. The number of nitrogens with one attached hydrogen (secondary N) is 1. The van der Waals surface area contributed by atoms with E-state index >= 15 is 0 Å². The van der Waals surface area contributed by atoms with Gasteiger partial charge in [-0.05, 0) is 67.6 Å². The SMILES string of the molecule is COc1cccc(Cc2cnc([C@H]3CCCCN3C(=O)c3[nH]c4ccc(F)cc4c3C)o2)c1. The first-order valence-electron chi connectivity index (χ1n) is 11.2. The standard InChI is InChI=1S/C26H26FN3O3/c1-16-21-14-18(27)9-10-22(21)29-24(16)26(31)30-11-4-3-8-23(30)25-28-15-20(33-25)13-17-6-5-7-19(12-17)32-2/h5-7,9-10,12,14-15,23,29H,3-4,8,11,13H2,1-2H3/t23-/m1/s1. The van der Waals surface area contributed by atoms with Crippen LogP contribution in [0.25, 0.3) is 10.9 Å². The number of benzene rings is 2. The fourth-order valence-corrected chi connectivity index (χ4v) is 4.63. The number of methoxy groups -OCH3 is 1. The number of aromatic nitrogens is 2. The van der Waals surface area contributed by atoms with Crippen LogP contribution in [-0.2, 0) is 6.42 Å². The number of ether oxygens (including phenoxy) is 1. The lowest BCUT2D eigenvalue weighted by molar-refractivity contribution is 0.0564. The monoisotopic (exact) mass is 447 g/mol. The highest BCUT2D eigenvalue weighted by Crippen LogP contribution is 2.34. The van der Waals surface area contributed by atoms with Gasteiger partial charge in [-0.15, -0.1) is 0 Å². The molecule has 1 amide bonds. The molecule has 1 aliphatic rings. The topological polar surface area (TPSA) is 71.4 Å². The summed E-state index contributed by atoms with van der Waals surface area (Å²) in [6, 6.07) is 12.1. The molecule has 1 N–H and O–H groups in total. The van der Waals surface area contributed by atoms with Crippen LogP contribution in [0.5, 0.6) is 5.75 Å². The van der Waals surface area contributed by atoms with Crippen molar-refractivity contribution in [3.8, 4) is 5.75 Å². The summed E-state index contributed by atoms with van der Waals surface area (Å²) in [5.74, 6) is 1.67. The summed E-state index contributed by atoms with van der Waals surface area (Å²) < 4.78 is 25.1. The Balaban J connectivity index is 1.40. The summed E-state index contributed by atoms with van der Waals surface area (Å²) in [5, 5.41) is 0.726. The van der Waals surface area contributed by atoms with Gasteiger partial charge in [-0.3, -0.25) is 4.79 Å². The van der Waals surface area contributed by atoms with Crippen LogP contribution < -0.4 is 4.74 Å².